The molecule has 8 atom stereocenters. The lowest BCUT2D eigenvalue weighted by molar-refractivity contribution is -0.0424. The molecule has 1 heteroatoms. The lowest BCUT2D eigenvalue weighted by atomic mass is 9.47. The third-order valence-corrected chi connectivity index (χ3v) is 10.4. The van der Waals surface area contributed by atoms with Crippen LogP contribution < -0.4 is 0 Å². The highest BCUT2D eigenvalue weighted by Gasteiger charge is 2.58. The van der Waals surface area contributed by atoms with Crippen molar-refractivity contribution in [3.8, 4) is 0 Å². The summed E-state index contributed by atoms with van der Waals surface area (Å²) in [4.78, 5) is 0. The van der Waals surface area contributed by atoms with Crippen LogP contribution in [0, 0.1) is 46.3 Å². The van der Waals surface area contributed by atoms with Crippen LogP contribution in [0.4, 0.5) is 0 Å². The van der Waals surface area contributed by atoms with Crippen LogP contribution >= 0.6 is 0 Å². The Morgan fingerprint density at radius 2 is 1.80 bits per heavy atom. The van der Waals surface area contributed by atoms with Gasteiger partial charge in [-0.3, -0.25) is 0 Å². The second kappa shape index (κ2) is 8.27. The molecule has 4 aliphatic carbocycles. The summed E-state index contributed by atoms with van der Waals surface area (Å²) in [6.07, 6.45) is 18.4. The minimum absolute atomic E-state index is 0.0528. The zero-order chi connectivity index (χ0) is 21.7. The van der Waals surface area contributed by atoms with Crippen molar-refractivity contribution >= 4 is 0 Å². The zero-order valence-corrected chi connectivity index (χ0v) is 20.3. The average Bonchev–Trinajstić information content (AvgIpc) is 3.06. The molecule has 0 bridgehead atoms. The smallest absolute Gasteiger partial charge is 0.0543 e. The van der Waals surface area contributed by atoms with Crippen molar-refractivity contribution in [3.05, 3.63) is 36.0 Å². The van der Waals surface area contributed by atoms with Crippen LogP contribution in [-0.4, -0.2) is 11.2 Å². The van der Waals surface area contributed by atoms with E-state index in [4.69, 9.17) is 0 Å². The van der Waals surface area contributed by atoms with Gasteiger partial charge in [-0.05, 0) is 104 Å². The van der Waals surface area contributed by atoms with Gasteiger partial charge in [0.05, 0.1) is 6.10 Å². The van der Waals surface area contributed by atoms with E-state index in [1.807, 2.05) is 5.57 Å². The van der Waals surface area contributed by atoms with E-state index in [1.165, 1.54) is 50.5 Å². The van der Waals surface area contributed by atoms with Gasteiger partial charge in [0.1, 0.15) is 0 Å². The quantitative estimate of drug-likeness (QED) is 0.363. The molecule has 0 aliphatic heterocycles. The number of rotatable bonds is 5. The van der Waals surface area contributed by atoms with Gasteiger partial charge in [-0.1, -0.05) is 70.6 Å². The Morgan fingerprint density at radius 1 is 1.10 bits per heavy atom. The number of hydrogen-bond donors (Lipinski definition) is 1. The maximum Gasteiger partial charge on any atom is 0.0543 e. The van der Waals surface area contributed by atoms with E-state index in [1.54, 1.807) is 0 Å². The minimum atomic E-state index is -0.0528. The molecule has 1 N–H and O–H groups in total. The van der Waals surface area contributed by atoms with Crippen LogP contribution in [-0.2, 0) is 0 Å². The topological polar surface area (TPSA) is 20.2 Å². The van der Waals surface area contributed by atoms with Crippen molar-refractivity contribution in [3.63, 3.8) is 0 Å². The van der Waals surface area contributed by atoms with Gasteiger partial charge in [0.15, 0.2) is 0 Å². The number of hydrogen-bond acceptors (Lipinski definition) is 1. The lowest BCUT2D eigenvalue weighted by Crippen LogP contribution is -2.49. The first-order valence-corrected chi connectivity index (χ1v) is 12.9. The van der Waals surface area contributed by atoms with E-state index in [0.29, 0.717) is 22.7 Å². The molecule has 0 saturated heterocycles. The summed E-state index contributed by atoms with van der Waals surface area (Å²) in [5, 5.41) is 10.3. The molecule has 168 valence electrons. The van der Waals surface area contributed by atoms with Gasteiger partial charge in [-0.15, -0.1) is 0 Å². The van der Waals surface area contributed by atoms with Gasteiger partial charge in [0.25, 0.3) is 0 Å². The first-order chi connectivity index (χ1) is 14.2. The highest BCUT2D eigenvalue weighted by Crippen LogP contribution is 2.66. The van der Waals surface area contributed by atoms with Crippen molar-refractivity contribution in [2.24, 2.45) is 46.3 Å². The van der Waals surface area contributed by atoms with E-state index in [-0.39, 0.29) is 6.10 Å². The summed E-state index contributed by atoms with van der Waals surface area (Å²) < 4.78 is 0. The average molecular weight is 411 g/mol. The van der Waals surface area contributed by atoms with Gasteiger partial charge in [-0.25, -0.2) is 0 Å². The third kappa shape index (κ3) is 3.58. The number of allylic oxidation sites excluding steroid dienone is 5. The van der Waals surface area contributed by atoms with Gasteiger partial charge in [0.2, 0.25) is 0 Å². The van der Waals surface area contributed by atoms with Crippen molar-refractivity contribution < 1.29 is 5.11 Å². The van der Waals surface area contributed by atoms with Crippen molar-refractivity contribution in [2.45, 2.75) is 98.5 Å². The fraction of sp³-hybridized carbons (Fsp3) is 0.793. The summed E-state index contributed by atoms with van der Waals surface area (Å²) in [6, 6.07) is 0. The second-order valence-electron chi connectivity index (χ2n) is 12.2. The molecule has 3 saturated carbocycles. The molecule has 0 unspecified atom stereocenters. The van der Waals surface area contributed by atoms with Crippen LogP contribution in [0.25, 0.3) is 0 Å². The van der Waals surface area contributed by atoms with Crippen LogP contribution in [0.3, 0.4) is 0 Å². The Bertz CT molecular complexity index is 714. The highest BCUT2D eigenvalue weighted by molar-refractivity contribution is 5.28. The molecule has 4 rings (SSSR count). The van der Waals surface area contributed by atoms with Crippen molar-refractivity contribution in [2.75, 3.05) is 0 Å². The molecule has 0 heterocycles. The van der Waals surface area contributed by atoms with E-state index >= 15 is 0 Å². The molecule has 4 aliphatic rings. The number of aliphatic hydroxyl groups is 1. The normalized spacial score (nSPS) is 44.7. The monoisotopic (exact) mass is 410 g/mol. The molecule has 30 heavy (non-hydrogen) atoms. The SMILES string of the molecule is C=C/C(=C\C[C@@H](C)[C@H]1CC[C@H]2C3=CC[C@H]4C[C@@H](O)CC[C@]4(C)[C@H]3CC[C@]12C)C(C)C. The van der Waals surface area contributed by atoms with Gasteiger partial charge < -0.3 is 5.11 Å². The predicted octanol–water partition coefficient (Wildman–Crippen LogP) is 7.72. The molecule has 0 aromatic rings. The van der Waals surface area contributed by atoms with E-state index in [0.717, 1.165) is 36.5 Å². The van der Waals surface area contributed by atoms with Crippen LogP contribution in [0.2, 0.25) is 0 Å². The van der Waals surface area contributed by atoms with Gasteiger partial charge in [0, 0.05) is 0 Å². The molecule has 0 aromatic carbocycles. The third-order valence-electron chi connectivity index (χ3n) is 10.4. The maximum atomic E-state index is 10.3. The van der Waals surface area contributed by atoms with Crippen LogP contribution in [0.15, 0.2) is 36.0 Å². The lowest BCUT2D eigenvalue weighted by Gasteiger charge is -2.57. The fourth-order valence-electron chi connectivity index (χ4n) is 8.51. The van der Waals surface area contributed by atoms with E-state index in [2.05, 4.69) is 59.4 Å². The van der Waals surface area contributed by atoms with Crippen molar-refractivity contribution in [1.29, 1.82) is 0 Å². The van der Waals surface area contributed by atoms with Gasteiger partial charge >= 0.3 is 0 Å². The minimum Gasteiger partial charge on any atom is -0.393 e. The summed E-state index contributed by atoms with van der Waals surface area (Å²) in [6.45, 7) is 16.3. The van der Waals surface area contributed by atoms with Crippen molar-refractivity contribution in [1.82, 2.24) is 0 Å². The Kier molecular flexibility index (Phi) is 6.17. The maximum absolute atomic E-state index is 10.3. The molecule has 0 aromatic heterocycles. The van der Waals surface area contributed by atoms with E-state index < -0.39 is 0 Å². The molecule has 0 amide bonds. The Hall–Kier alpha value is -0.820. The molecule has 1 nitrogen and oxygen atoms in total. The first kappa shape index (κ1) is 22.4. The molecular formula is C29H46O. The van der Waals surface area contributed by atoms with Gasteiger partial charge in [-0.2, -0.15) is 0 Å². The standard InChI is InChI=1S/C29H46O/c1-7-21(19(2)3)9-8-20(4)25-12-13-26-24-11-10-22-18-23(30)14-16-28(22,5)27(24)15-17-29(25,26)6/h7,9,11,19-20,22-23,25-27,30H,1,8,10,12-18H2,2-6H3/b21-9+/t20-,22+,23+,25-,26+,27+,28+,29-/m1/s1. The van der Waals surface area contributed by atoms with Crippen LogP contribution in [0.5, 0.6) is 0 Å². The molecule has 0 spiro atoms. The zero-order valence-electron chi connectivity index (χ0n) is 20.3. The summed E-state index contributed by atoms with van der Waals surface area (Å²) in [5.41, 5.74) is 4.18. The second-order valence-corrected chi connectivity index (χ2v) is 12.2. The Balaban J connectivity index is 1.53. The largest absolute Gasteiger partial charge is 0.393 e. The Morgan fingerprint density at radius 3 is 2.50 bits per heavy atom. The van der Waals surface area contributed by atoms with Crippen LogP contribution in [0.1, 0.15) is 92.4 Å². The first-order valence-electron chi connectivity index (χ1n) is 12.9. The highest BCUT2D eigenvalue weighted by atomic mass is 16.3. The molecule has 3 fully saturated rings. The predicted molar refractivity (Wildman–Crippen MR) is 128 cm³/mol. The molecule has 0 radical (unpaired) electrons. The fourth-order valence-corrected chi connectivity index (χ4v) is 8.51. The number of fused-ring (bicyclic) bond motifs is 5. The summed E-state index contributed by atoms with van der Waals surface area (Å²) in [7, 11) is 0. The van der Waals surface area contributed by atoms with E-state index in [9.17, 15) is 5.11 Å². The summed E-state index contributed by atoms with van der Waals surface area (Å²) >= 11 is 0. The summed E-state index contributed by atoms with van der Waals surface area (Å²) in [5.74, 6) is 4.46. The molecular weight excluding hydrogens is 364 g/mol. The number of aliphatic hydroxyl groups excluding tert-OH is 1. The Labute approximate surface area is 186 Å².